The minimum absolute atomic E-state index is 0.168. The first kappa shape index (κ1) is 17.6. The van der Waals surface area contributed by atoms with E-state index in [-0.39, 0.29) is 5.91 Å². The number of hydrogen-bond donors (Lipinski definition) is 1. The smallest absolute Gasteiger partial charge is 0.234 e. The monoisotopic (exact) mass is 362 g/mol. The first-order valence-corrected chi connectivity index (χ1v) is 10.5. The molecule has 2 atom stereocenters. The van der Waals surface area contributed by atoms with Gasteiger partial charge in [-0.1, -0.05) is 31.9 Å². The maximum Gasteiger partial charge on any atom is 0.234 e. The molecule has 1 N–H and O–H groups in total. The van der Waals surface area contributed by atoms with Crippen LogP contribution in [0.4, 0.5) is 0 Å². The van der Waals surface area contributed by atoms with Crippen molar-refractivity contribution in [1.29, 1.82) is 0 Å². The van der Waals surface area contributed by atoms with Gasteiger partial charge in [-0.15, -0.1) is 22.7 Å². The predicted octanol–water partition coefficient (Wildman–Crippen LogP) is 4.51. The van der Waals surface area contributed by atoms with Gasteiger partial charge < -0.3 is 5.32 Å². The molecule has 5 heteroatoms. The molecular formula is C19H26N2OS2. The minimum atomic E-state index is 0.168. The number of nitrogens with zero attached hydrogens (tertiary/aromatic N) is 1. The van der Waals surface area contributed by atoms with Crippen LogP contribution >= 0.6 is 22.7 Å². The Labute approximate surface area is 152 Å². The summed E-state index contributed by atoms with van der Waals surface area (Å²) in [5.41, 5.74) is 0. The number of rotatable bonds is 7. The van der Waals surface area contributed by atoms with Gasteiger partial charge in [0.25, 0.3) is 0 Å². The third-order valence-corrected chi connectivity index (χ3v) is 6.47. The van der Waals surface area contributed by atoms with Crippen LogP contribution in [0.15, 0.2) is 35.0 Å². The topological polar surface area (TPSA) is 32.3 Å². The van der Waals surface area contributed by atoms with E-state index < -0.39 is 0 Å². The molecule has 1 aliphatic rings. The zero-order valence-corrected chi connectivity index (χ0v) is 15.9. The summed E-state index contributed by atoms with van der Waals surface area (Å²) in [5.74, 6) is 0.771. The molecule has 0 unspecified atom stereocenters. The summed E-state index contributed by atoms with van der Waals surface area (Å²) in [4.78, 5) is 17.4. The van der Waals surface area contributed by atoms with Gasteiger partial charge in [-0.25, -0.2) is 0 Å². The first-order valence-electron chi connectivity index (χ1n) is 8.77. The van der Waals surface area contributed by atoms with E-state index in [4.69, 9.17) is 0 Å². The SMILES string of the molecule is C[C@H]1CCCC[C@H]1NC(=O)CN(Cc1cccs1)Cc1cccs1. The van der Waals surface area contributed by atoms with Gasteiger partial charge >= 0.3 is 0 Å². The highest BCUT2D eigenvalue weighted by Gasteiger charge is 2.23. The highest BCUT2D eigenvalue weighted by molar-refractivity contribution is 7.10. The molecular weight excluding hydrogens is 336 g/mol. The molecule has 1 aliphatic carbocycles. The Bertz CT molecular complexity index is 573. The highest BCUT2D eigenvalue weighted by atomic mass is 32.1. The number of hydrogen-bond acceptors (Lipinski definition) is 4. The molecule has 2 aromatic heterocycles. The maximum absolute atomic E-state index is 12.6. The largest absolute Gasteiger partial charge is 0.352 e. The molecule has 0 saturated heterocycles. The lowest BCUT2D eigenvalue weighted by Gasteiger charge is -2.30. The van der Waals surface area contributed by atoms with Crippen LogP contribution < -0.4 is 5.32 Å². The second-order valence-electron chi connectivity index (χ2n) is 6.74. The predicted molar refractivity (Wildman–Crippen MR) is 102 cm³/mol. The Morgan fingerprint density at radius 3 is 2.29 bits per heavy atom. The zero-order chi connectivity index (χ0) is 16.8. The minimum Gasteiger partial charge on any atom is -0.352 e. The van der Waals surface area contributed by atoms with Crippen LogP contribution in [0, 0.1) is 5.92 Å². The van der Waals surface area contributed by atoms with Crippen LogP contribution in [0.25, 0.3) is 0 Å². The molecule has 2 heterocycles. The van der Waals surface area contributed by atoms with Crippen LogP contribution in [0.1, 0.15) is 42.4 Å². The van der Waals surface area contributed by atoms with Crippen LogP contribution in [0.2, 0.25) is 0 Å². The van der Waals surface area contributed by atoms with Gasteiger partial charge in [0.1, 0.15) is 0 Å². The molecule has 0 aliphatic heterocycles. The average molecular weight is 363 g/mol. The number of amides is 1. The van der Waals surface area contributed by atoms with Gasteiger partial charge in [-0.3, -0.25) is 9.69 Å². The molecule has 24 heavy (non-hydrogen) atoms. The van der Waals surface area contributed by atoms with Gasteiger partial charge in [-0.2, -0.15) is 0 Å². The number of thiophene rings is 2. The van der Waals surface area contributed by atoms with Crippen molar-refractivity contribution in [3.8, 4) is 0 Å². The Morgan fingerprint density at radius 2 is 1.75 bits per heavy atom. The molecule has 3 rings (SSSR count). The lowest BCUT2D eigenvalue weighted by atomic mass is 9.86. The van der Waals surface area contributed by atoms with Gasteiger partial charge in [0.05, 0.1) is 6.54 Å². The lowest BCUT2D eigenvalue weighted by Crippen LogP contribution is -2.45. The van der Waals surface area contributed by atoms with Crippen molar-refractivity contribution in [1.82, 2.24) is 10.2 Å². The van der Waals surface area contributed by atoms with Crippen molar-refractivity contribution in [2.24, 2.45) is 5.92 Å². The highest BCUT2D eigenvalue weighted by Crippen LogP contribution is 2.24. The second-order valence-corrected chi connectivity index (χ2v) is 8.80. The van der Waals surface area contributed by atoms with E-state index >= 15 is 0 Å². The molecule has 1 fully saturated rings. The zero-order valence-electron chi connectivity index (χ0n) is 14.2. The lowest BCUT2D eigenvalue weighted by molar-refractivity contribution is -0.123. The summed E-state index contributed by atoms with van der Waals surface area (Å²) >= 11 is 3.51. The van der Waals surface area contributed by atoms with E-state index in [1.807, 2.05) is 0 Å². The summed E-state index contributed by atoms with van der Waals surface area (Å²) in [7, 11) is 0. The summed E-state index contributed by atoms with van der Waals surface area (Å²) in [6, 6.07) is 8.80. The number of carbonyl (C=O) groups is 1. The van der Waals surface area contributed by atoms with Crippen molar-refractivity contribution in [3.63, 3.8) is 0 Å². The van der Waals surface area contributed by atoms with E-state index in [0.29, 0.717) is 18.5 Å². The standard InChI is InChI=1S/C19H26N2OS2/c1-15-6-2-3-9-18(15)20-19(22)14-21(12-16-7-4-10-23-16)13-17-8-5-11-24-17/h4-5,7-8,10-11,15,18H,2-3,6,9,12-14H2,1H3,(H,20,22)/t15-,18+/m0/s1. The molecule has 1 saturated carbocycles. The molecule has 3 nitrogen and oxygen atoms in total. The first-order chi connectivity index (χ1) is 11.7. The fourth-order valence-electron chi connectivity index (χ4n) is 3.40. The second kappa shape index (κ2) is 8.79. The third-order valence-electron chi connectivity index (χ3n) is 4.74. The van der Waals surface area contributed by atoms with Crippen molar-refractivity contribution in [2.45, 2.75) is 51.7 Å². The Balaban J connectivity index is 1.58. The molecule has 0 bridgehead atoms. The number of carbonyl (C=O) groups excluding carboxylic acids is 1. The van der Waals surface area contributed by atoms with Gasteiger partial charge in [0.2, 0.25) is 5.91 Å². The van der Waals surface area contributed by atoms with E-state index in [0.717, 1.165) is 19.5 Å². The van der Waals surface area contributed by atoms with Crippen molar-refractivity contribution >= 4 is 28.6 Å². The van der Waals surface area contributed by atoms with Crippen LogP contribution in [-0.2, 0) is 17.9 Å². The maximum atomic E-state index is 12.6. The van der Waals surface area contributed by atoms with E-state index in [2.05, 4.69) is 52.2 Å². The quantitative estimate of drug-likeness (QED) is 0.786. The van der Waals surface area contributed by atoms with Gasteiger partial charge in [0, 0.05) is 28.9 Å². The molecule has 0 aromatic carbocycles. The number of nitrogens with one attached hydrogen (secondary N) is 1. The Morgan fingerprint density at radius 1 is 1.12 bits per heavy atom. The van der Waals surface area contributed by atoms with Crippen LogP contribution in [0.5, 0.6) is 0 Å². The van der Waals surface area contributed by atoms with E-state index in [9.17, 15) is 4.79 Å². The van der Waals surface area contributed by atoms with Gasteiger partial charge in [-0.05, 0) is 41.7 Å². The fourth-order valence-corrected chi connectivity index (χ4v) is 4.89. The average Bonchev–Trinajstić information content (AvgIpc) is 3.23. The van der Waals surface area contributed by atoms with E-state index in [1.54, 1.807) is 22.7 Å². The molecule has 0 spiro atoms. The van der Waals surface area contributed by atoms with Crippen LogP contribution in [0.3, 0.4) is 0 Å². The molecule has 130 valence electrons. The van der Waals surface area contributed by atoms with Crippen molar-refractivity contribution in [3.05, 3.63) is 44.8 Å². The molecule has 1 amide bonds. The third kappa shape index (κ3) is 5.16. The van der Waals surface area contributed by atoms with Crippen LogP contribution in [-0.4, -0.2) is 23.4 Å². The molecule has 0 radical (unpaired) electrons. The van der Waals surface area contributed by atoms with E-state index in [1.165, 1.54) is 29.0 Å². The summed E-state index contributed by atoms with van der Waals surface area (Å²) in [6.07, 6.45) is 4.90. The summed E-state index contributed by atoms with van der Waals surface area (Å²) < 4.78 is 0. The van der Waals surface area contributed by atoms with Crippen molar-refractivity contribution in [2.75, 3.05) is 6.54 Å². The normalized spacial score (nSPS) is 21.1. The van der Waals surface area contributed by atoms with Crippen molar-refractivity contribution < 1.29 is 4.79 Å². The Hall–Kier alpha value is -1.17. The summed E-state index contributed by atoms with van der Waals surface area (Å²) in [6.45, 7) is 4.41. The fraction of sp³-hybridized carbons (Fsp3) is 0.526. The molecule has 2 aromatic rings. The summed E-state index contributed by atoms with van der Waals surface area (Å²) in [5, 5.41) is 7.48. The van der Waals surface area contributed by atoms with Gasteiger partial charge in [0.15, 0.2) is 0 Å². The Kier molecular flexibility index (Phi) is 6.46.